The number of anilines is 1. The van der Waals surface area contributed by atoms with Gasteiger partial charge >= 0.3 is 0 Å². The van der Waals surface area contributed by atoms with Crippen molar-refractivity contribution < 1.29 is 4.92 Å². The van der Waals surface area contributed by atoms with E-state index in [9.17, 15) is 10.1 Å². The fourth-order valence-corrected chi connectivity index (χ4v) is 3.96. The van der Waals surface area contributed by atoms with Crippen LogP contribution in [0.3, 0.4) is 0 Å². The number of rotatable bonds is 5. The molecule has 0 spiro atoms. The molecule has 0 N–H and O–H groups in total. The van der Waals surface area contributed by atoms with Crippen LogP contribution in [-0.2, 0) is 6.54 Å². The first kappa shape index (κ1) is 16.6. The Morgan fingerprint density at radius 1 is 1.19 bits per heavy atom. The second-order valence-corrected chi connectivity index (χ2v) is 7.14. The van der Waals surface area contributed by atoms with E-state index in [2.05, 4.69) is 20.1 Å². The third-order valence-corrected chi connectivity index (χ3v) is 5.32. The number of hydrogen-bond acceptors (Lipinski definition) is 7. The molecule has 132 valence electrons. The van der Waals surface area contributed by atoms with Gasteiger partial charge in [0, 0.05) is 36.5 Å². The first-order valence-corrected chi connectivity index (χ1v) is 9.28. The standard InChI is InChI=1S/C18H17N5O2S/c24-23(25)14-7-8-16(22-9-3-4-10-22)13(11-14)12-19-21-18-20-15-5-1-2-6-17(15)26-18/h1-2,5-8,11H,3-4,9-10,12H2. The predicted octanol–water partition coefficient (Wildman–Crippen LogP) is 5.09. The Morgan fingerprint density at radius 3 is 2.77 bits per heavy atom. The van der Waals surface area contributed by atoms with E-state index in [4.69, 9.17) is 0 Å². The van der Waals surface area contributed by atoms with Crippen molar-refractivity contribution in [3.63, 3.8) is 0 Å². The minimum Gasteiger partial charge on any atom is -0.371 e. The third-order valence-electron chi connectivity index (χ3n) is 4.40. The van der Waals surface area contributed by atoms with Crippen molar-refractivity contribution >= 4 is 38.1 Å². The zero-order valence-corrected chi connectivity index (χ0v) is 14.9. The zero-order chi connectivity index (χ0) is 17.9. The van der Waals surface area contributed by atoms with E-state index in [-0.39, 0.29) is 10.6 Å². The quantitative estimate of drug-likeness (QED) is 0.357. The number of nitro groups is 1. The summed E-state index contributed by atoms with van der Waals surface area (Å²) in [7, 11) is 0. The number of para-hydroxylation sites is 1. The van der Waals surface area contributed by atoms with Crippen LogP contribution < -0.4 is 4.90 Å². The molecule has 0 radical (unpaired) electrons. The summed E-state index contributed by atoms with van der Waals surface area (Å²) in [5, 5.41) is 20.2. The number of nitro benzene ring substituents is 1. The molecule has 0 saturated carbocycles. The Labute approximate surface area is 154 Å². The second kappa shape index (κ2) is 7.17. The topological polar surface area (TPSA) is 84.0 Å². The van der Waals surface area contributed by atoms with Crippen molar-refractivity contribution in [3.8, 4) is 0 Å². The van der Waals surface area contributed by atoms with Crippen molar-refractivity contribution in [2.45, 2.75) is 19.4 Å². The molecule has 1 aliphatic rings. The van der Waals surface area contributed by atoms with E-state index in [1.54, 1.807) is 12.1 Å². The predicted molar refractivity (Wildman–Crippen MR) is 102 cm³/mol. The molecule has 1 aliphatic heterocycles. The maximum atomic E-state index is 11.1. The van der Waals surface area contributed by atoms with E-state index in [1.165, 1.54) is 11.3 Å². The van der Waals surface area contributed by atoms with Crippen molar-refractivity contribution in [1.82, 2.24) is 4.98 Å². The summed E-state index contributed by atoms with van der Waals surface area (Å²) in [6, 6.07) is 12.8. The highest BCUT2D eigenvalue weighted by Gasteiger charge is 2.18. The summed E-state index contributed by atoms with van der Waals surface area (Å²) in [6.07, 6.45) is 2.29. The van der Waals surface area contributed by atoms with Crippen molar-refractivity contribution in [3.05, 3.63) is 58.1 Å². The number of fused-ring (bicyclic) bond motifs is 1. The summed E-state index contributed by atoms with van der Waals surface area (Å²) in [6.45, 7) is 2.24. The first-order valence-electron chi connectivity index (χ1n) is 8.46. The molecule has 4 rings (SSSR count). The largest absolute Gasteiger partial charge is 0.371 e. The molecule has 3 aromatic rings. The Morgan fingerprint density at radius 2 is 2.00 bits per heavy atom. The minimum atomic E-state index is -0.373. The van der Waals surface area contributed by atoms with Gasteiger partial charge in [-0.3, -0.25) is 10.1 Å². The maximum Gasteiger partial charge on any atom is 0.269 e. The lowest BCUT2D eigenvalue weighted by Gasteiger charge is -2.20. The molecule has 0 bridgehead atoms. The van der Waals surface area contributed by atoms with Crippen LogP contribution in [-0.4, -0.2) is 23.0 Å². The van der Waals surface area contributed by atoms with Crippen LogP contribution in [0.25, 0.3) is 10.2 Å². The first-order chi connectivity index (χ1) is 12.7. The van der Waals surface area contributed by atoms with Gasteiger partial charge in [-0.2, -0.15) is 5.11 Å². The normalized spacial score (nSPS) is 14.5. The Bertz CT molecular complexity index is 946. The summed E-state index contributed by atoms with van der Waals surface area (Å²) in [4.78, 5) is 17.4. The van der Waals surface area contributed by atoms with Gasteiger partial charge < -0.3 is 4.90 Å². The van der Waals surface area contributed by atoms with Crippen LogP contribution in [0.4, 0.5) is 16.5 Å². The Kier molecular flexibility index (Phi) is 4.57. The van der Waals surface area contributed by atoms with Gasteiger partial charge in [0.1, 0.15) is 0 Å². The van der Waals surface area contributed by atoms with Gasteiger partial charge in [-0.05, 0) is 31.0 Å². The number of aromatic nitrogens is 1. The van der Waals surface area contributed by atoms with Gasteiger partial charge in [-0.25, -0.2) is 4.98 Å². The van der Waals surface area contributed by atoms with Gasteiger partial charge in [-0.1, -0.05) is 23.5 Å². The van der Waals surface area contributed by atoms with Gasteiger partial charge in [0.15, 0.2) is 0 Å². The van der Waals surface area contributed by atoms with E-state index < -0.39 is 0 Å². The van der Waals surface area contributed by atoms with Gasteiger partial charge in [0.05, 0.1) is 21.7 Å². The van der Waals surface area contributed by atoms with Crippen molar-refractivity contribution in [2.75, 3.05) is 18.0 Å². The van der Waals surface area contributed by atoms with E-state index >= 15 is 0 Å². The number of hydrogen-bond donors (Lipinski definition) is 0. The molecular formula is C18H17N5O2S. The monoisotopic (exact) mass is 367 g/mol. The highest BCUT2D eigenvalue weighted by atomic mass is 32.1. The molecule has 0 aliphatic carbocycles. The maximum absolute atomic E-state index is 11.1. The molecule has 1 saturated heterocycles. The van der Waals surface area contributed by atoms with Gasteiger partial charge in [0.2, 0.25) is 5.13 Å². The summed E-state index contributed by atoms with van der Waals surface area (Å²) in [5.74, 6) is 0. The molecule has 26 heavy (non-hydrogen) atoms. The average molecular weight is 367 g/mol. The molecule has 8 heteroatoms. The van der Waals surface area contributed by atoms with Crippen molar-refractivity contribution in [1.29, 1.82) is 0 Å². The number of benzene rings is 2. The molecule has 0 amide bonds. The second-order valence-electron chi connectivity index (χ2n) is 6.13. The van der Waals surface area contributed by atoms with Crippen LogP contribution in [0.1, 0.15) is 18.4 Å². The summed E-state index contributed by atoms with van der Waals surface area (Å²) >= 11 is 1.48. The summed E-state index contributed by atoms with van der Waals surface area (Å²) < 4.78 is 1.06. The molecule has 2 heterocycles. The zero-order valence-electron chi connectivity index (χ0n) is 14.0. The molecule has 0 atom stereocenters. The number of thiazole rings is 1. The molecule has 2 aromatic carbocycles. The van der Waals surface area contributed by atoms with Crippen LogP contribution in [0.2, 0.25) is 0 Å². The molecule has 1 aromatic heterocycles. The van der Waals surface area contributed by atoms with Crippen LogP contribution in [0.15, 0.2) is 52.7 Å². The Hall–Kier alpha value is -2.87. The van der Waals surface area contributed by atoms with Crippen LogP contribution >= 0.6 is 11.3 Å². The average Bonchev–Trinajstić information content (AvgIpc) is 3.31. The lowest BCUT2D eigenvalue weighted by molar-refractivity contribution is -0.384. The van der Waals surface area contributed by atoms with Crippen molar-refractivity contribution in [2.24, 2.45) is 10.2 Å². The summed E-state index contributed by atoms with van der Waals surface area (Å²) in [5.41, 5.74) is 2.82. The fraction of sp³-hybridized carbons (Fsp3) is 0.278. The molecular weight excluding hydrogens is 350 g/mol. The van der Waals surface area contributed by atoms with E-state index in [0.29, 0.717) is 11.7 Å². The SMILES string of the molecule is O=[N+]([O-])c1ccc(N2CCCC2)c(CN=Nc2nc3ccccc3s2)c1. The number of non-ortho nitro benzene ring substituents is 1. The molecule has 7 nitrogen and oxygen atoms in total. The minimum absolute atomic E-state index is 0.0816. The van der Waals surface area contributed by atoms with E-state index in [1.807, 2.05) is 30.3 Å². The smallest absolute Gasteiger partial charge is 0.269 e. The molecule has 1 fully saturated rings. The number of nitrogens with zero attached hydrogens (tertiary/aromatic N) is 5. The van der Waals surface area contributed by atoms with Crippen LogP contribution in [0, 0.1) is 10.1 Å². The highest BCUT2D eigenvalue weighted by Crippen LogP contribution is 2.31. The molecule has 0 unspecified atom stereocenters. The number of azo groups is 1. The van der Waals surface area contributed by atoms with Gasteiger partial charge in [0.25, 0.3) is 5.69 Å². The fourth-order valence-electron chi connectivity index (χ4n) is 3.15. The van der Waals surface area contributed by atoms with Gasteiger partial charge in [-0.15, -0.1) is 5.11 Å². The van der Waals surface area contributed by atoms with E-state index in [0.717, 1.165) is 47.4 Å². The Balaban J connectivity index is 1.59. The lowest BCUT2D eigenvalue weighted by Crippen LogP contribution is -2.19. The highest BCUT2D eigenvalue weighted by molar-refractivity contribution is 7.21. The third kappa shape index (κ3) is 3.41. The van der Waals surface area contributed by atoms with Crippen LogP contribution in [0.5, 0.6) is 0 Å². The lowest BCUT2D eigenvalue weighted by atomic mass is 10.1.